The second kappa shape index (κ2) is 7.49. The topological polar surface area (TPSA) is 68.5 Å². The number of nitrogens with one attached hydrogen (secondary N) is 1. The van der Waals surface area contributed by atoms with Crippen molar-refractivity contribution in [3.8, 4) is 0 Å². The molecule has 1 N–H and O–H groups in total. The summed E-state index contributed by atoms with van der Waals surface area (Å²) in [6, 6.07) is 18.0. The van der Waals surface area contributed by atoms with Crippen LogP contribution in [0.25, 0.3) is 0 Å². The van der Waals surface area contributed by atoms with Gasteiger partial charge < -0.3 is 9.15 Å². The summed E-state index contributed by atoms with van der Waals surface area (Å²) in [7, 11) is 0. The van der Waals surface area contributed by atoms with Gasteiger partial charge in [0.1, 0.15) is 6.61 Å². The number of hydrogen-bond acceptors (Lipinski definition) is 4. The minimum atomic E-state index is -0.650. The molecule has 0 fully saturated rings. The number of furan rings is 1. The Morgan fingerprint density at radius 1 is 1.00 bits per heavy atom. The normalized spacial score (nSPS) is 10.3. The third-order valence-corrected chi connectivity index (χ3v) is 3.63. The number of benzene rings is 2. The summed E-state index contributed by atoms with van der Waals surface area (Å²) in [6.07, 6.45) is 0.706. The van der Waals surface area contributed by atoms with Crippen molar-refractivity contribution in [2.45, 2.75) is 13.5 Å². The molecule has 126 valence electrons. The third kappa shape index (κ3) is 4.14. The fourth-order valence-electron chi connectivity index (χ4n) is 2.29. The lowest BCUT2D eigenvalue weighted by Gasteiger charge is -2.07. The van der Waals surface area contributed by atoms with Crippen molar-refractivity contribution >= 4 is 17.6 Å². The Labute approximate surface area is 145 Å². The van der Waals surface area contributed by atoms with Crippen molar-refractivity contribution in [2.75, 3.05) is 5.32 Å². The SMILES string of the molecule is Cc1ccc(C(=O)c2occc2NC(=O)OCc2ccccc2)cc1. The predicted octanol–water partition coefficient (Wildman–Crippen LogP) is 4.57. The quantitative estimate of drug-likeness (QED) is 0.694. The summed E-state index contributed by atoms with van der Waals surface area (Å²) >= 11 is 0. The Kier molecular flexibility index (Phi) is 4.95. The van der Waals surface area contributed by atoms with Crippen LogP contribution in [0.3, 0.4) is 0 Å². The summed E-state index contributed by atoms with van der Waals surface area (Å²) in [5.74, 6) is -0.233. The molecule has 25 heavy (non-hydrogen) atoms. The lowest BCUT2D eigenvalue weighted by molar-refractivity contribution is 0.101. The molecule has 3 rings (SSSR count). The van der Waals surface area contributed by atoms with E-state index in [2.05, 4.69) is 5.32 Å². The largest absolute Gasteiger partial charge is 0.459 e. The van der Waals surface area contributed by atoms with Crippen LogP contribution in [-0.4, -0.2) is 11.9 Å². The van der Waals surface area contributed by atoms with Crippen molar-refractivity contribution < 1.29 is 18.7 Å². The van der Waals surface area contributed by atoms with Gasteiger partial charge in [-0.25, -0.2) is 4.79 Å². The van der Waals surface area contributed by atoms with Gasteiger partial charge in [-0.2, -0.15) is 0 Å². The molecular formula is C20H17NO4. The molecule has 0 bridgehead atoms. The maximum absolute atomic E-state index is 12.5. The first-order chi connectivity index (χ1) is 12.1. The number of carbonyl (C=O) groups excluding carboxylic acids is 2. The predicted molar refractivity (Wildman–Crippen MR) is 93.6 cm³/mol. The van der Waals surface area contributed by atoms with E-state index in [4.69, 9.17) is 9.15 Å². The molecule has 1 aromatic heterocycles. The number of ketones is 1. The first-order valence-electron chi connectivity index (χ1n) is 7.80. The van der Waals surface area contributed by atoms with Crippen LogP contribution in [0.5, 0.6) is 0 Å². The van der Waals surface area contributed by atoms with E-state index < -0.39 is 6.09 Å². The van der Waals surface area contributed by atoms with E-state index in [-0.39, 0.29) is 23.8 Å². The van der Waals surface area contributed by atoms with Gasteiger partial charge in [0.15, 0.2) is 5.76 Å². The number of carbonyl (C=O) groups is 2. The van der Waals surface area contributed by atoms with Crippen LogP contribution in [0.1, 0.15) is 27.2 Å². The minimum Gasteiger partial charge on any atom is -0.459 e. The van der Waals surface area contributed by atoms with Gasteiger partial charge in [-0.05, 0) is 12.5 Å². The lowest BCUT2D eigenvalue weighted by Crippen LogP contribution is -2.15. The Bertz CT molecular complexity index is 866. The van der Waals surface area contributed by atoms with E-state index in [1.165, 1.54) is 12.3 Å². The summed E-state index contributed by atoms with van der Waals surface area (Å²) in [5.41, 5.74) is 2.70. The monoisotopic (exact) mass is 335 g/mol. The van der Waals surface area contributed by atoms with Gasteiger partial charge in [0.05, 0.1) is 12.0 Å². The van der Waals surface area contributed by atoms with Crippen LogP contribution in [-0.2, 0) is 11.3 Å². The van der Waals surface area contributed by atoms with Crippen molar-refractivity contribution in [3.05, 3.63) is 89.4 Å². The van der Waals surface area contributed by atoms with Gasteiger partial charge in [-0.15, -0.1) is 0 Å². The van der Waals surface area contributed by atoms with Crippen molar-refractivity contribution in [1.82, 2.24) is 0 Å². The fourth-order valence-corrected chi connectivity index (χ4v) is 2.29. The number of amides is 1. The average molecular weight is 335 g/mol. The van der Waals surface area contributed by atoms with Gasteiger partial charge in [0, 0.05) is 11.6 Å². The first kappa shape index (κ1) is 16.5. The fraction of sp³-hybridized carbons (Fsp3) is 0.100. The number of aryl methyl sites for hydroxylation is 1. The summed E-state index contributed by atoms with van der Waals surface area (Å²) in [4.78, 5) is 24.5. The van der Waals surface area contributed by atoms with E-state index in [0.717, 1.165) is 11.1 Å². The molecule has 0 atom stereocenters. The molecule has 1 heterocycles. The highest BCUT2D eigenvalue weighted by Crippen LogP contribution is 2.21. The molecule has 0 unspecified atom stereocenters. The van der Waals surface area contributed by atoms with Crippen molar-refractivity contribution in [2.24, 2.45) is 0 Å². The Morgan fingerprint density at radius 2 is 1.72 bits per heavy atom. The molecule has 0 saturated heterocycles. The first-order valence-corrected chi connectivity index (χ1v) is 7.80. The van der Waals surface area contributed by atoms with E-state index >= 15 is 0 Å². The molecule has 5 nitrogen and oxygen atoms in total. The van der Waals surface area contributed by atoms with Gasteiger partial charge in [0.25, 0.3) is 0 Å². The zero-order valence-corrected chi connectivity index (χ0v) is 13.7. The number of anilines is 1. The Balaban J connectivity index is 1.66. The van der Waals surface area contributed by atoms with Crippen LogP contribution in [0, 0.1) is 6.92 Å². The second-order valence-electron chi connectivity index (χ2n) is 5.55. The smallest absolute Gasteiger partial charge is 0.412 e. The van der Waals surface area contributed by atoms with Gasteiger partial charge in [-0.1, -0.05) is 60.2 Å². The van der Waals surface area contributed by atoms with E-state index in [0.29, 0.717) is 5.56 Å². The molecular weight excluding hydrogens is 318 g/mol. The summed E-state index contributed by atoms with van der Waals surface area (Å²) < 4.78 is 10.4. The molecule has 0 aliphatic carbocycles. The molecule has 0 radical (unpaired) electrons. The van der Waals surface area contributed by atoms with Gasteiger partial charge in [-0.3, -0.25) is 10.1 Å². The molecule has 0 spiro atoms. The van der Waals surface area contributed by atoms with Crippen LogP contribution in [0.4, 0.5) is 10.5 Å². The van der Waals surface area contributed by atoms with Gasteiger partial charge >= 0.3 is 6.09 Å². The Morgan fingerprint density at radius 3 is 2.44 bits per heavy atom. The standard InChI is InChI=1S/C20H17NO4/c1-14-7-9-16(10-8-14)18(22)19-17(11-12-24-19)21-20(23)25-13-15-5-3-2-4-6-15/h2-12H,13H2,1H3,(H,21,23). The number of ether oxygens (including phenoxy) is 1. The average Bonchev–Trinajstić information content (AvgIpc) is 3.09. The van der Waals surface area contributed by atoms with Gasteiger partial charge in [0.2, 0.25) is 5.78 Å². The van der Waals surface area contributed by atoms with Crippen LogP contribution >= 0.6 is 0 Å². The highest BCUT2D eigenvalue weighted by Gasteiger charge is 2.19. The zero-order valence-electron chi connectivity index (χ0n) is 13.7. The minimum absolute atomic E-state index is 0.0699. The molecule has 0 saturated carbocycles. The zero-order chi connectivity index (χ0) is 17.6. The number of rotatable bonds is 5. The highest BCUT2D eigenvalue weighted by atomic mass is 16.5. The van der Waals surface area contributed by atoms with Crippen LogP contribution < -0.4 is 5.32 Å². The molecule has 0 aliphatic rings. The molecule has 1 amide bonds. The van der Waals surface area contributed by atoms with Crippen molar-refractivity contribution in [1.29, 1.82) is 0 Å². The molecule has 2 aromatic carbocycles. The molecule has 0 aliphatic heterocycles. The molecule has 5 heteroatoms. The maximum atomic E-state index is 12.5. The highest BCUT2D eigenvalue weighted by molar-refractivity contribution is 6.11. The summed E-state index contributed by atoms with van der Waals surface area (Å²) in [6.45, 7) is 2.09. The van der Waals surface area contributed by atoms with E-state index in [1.807, 2.05) is 49.4 Å². The van der Waals surface area contributed by atoms with Crippen LogP contribution in [0.15, 0.2) is 71.3 Å². The number of hydrogen-bond donors (Lipinski definition) is 1. The second-order valence-corrected chi connectivity index (χ2v) is 5.55. The lowest BCUT2D eigenvalue weighted by atomic mass is 10.1. The van der Waals surface area contributed by atoms with Crippen LogP contribution in [0.2, 0.25) is 0 Å². The van der Waals surface area contributed by atoms with E-state index in [9.17, 15) is 9.59 Å². The molecule has 3 aromatic rings. The van der Waals surface area contributed by atoms with E-state index in [1.54, 1.807) is 12.1 Å². The Hall–Kier alpha value is -3.34. The van der Waals surface area contributed by atoms with Crippen molar-refractivity contribution in [3.63, 3.8) is 0 Å². The summed E-state index contributed by atoms with van der Waals surface area (Å²) in [5, 5.41) is 2.55. The third-order valence-electron chi connectivity index (χ3n) is 3.63. The maximum Gasteiger partial charge on any atom is 0.412 e.